The smallest absolute Gasteiger partial charge is 0.0586 e. The highest BCUT2D eigenvalue weighted by molar-refractivity contribution is 8.34. The number of fused-ring (bicyclic) bond motifs is 4. The average Bonchev–Trinajstić information content (AvgIpc) is 3.68. The average molecular weight is 706 g/mol. The van der Waals surface area contributed by atoms with E-state index in [0.717, 1.165) is 12.0 Å². The molecular formula is C50H59NS. The topological polar surface area (TPSA) is 3.24 Å². The van der Waals surface area contributed by atoms with Crippen LogP contribution in [0.15, 0.2) is 144 Å². The zero-order valence-electron chi connectivity index (χ0n) is 32.9. The molecule has 1 nitrogen and oxygen atoms in total. The molecule has 0 bridgehead atoms. The molecular weight excluding hydrogens is 647 g/mol. The molecule has 1 saturated heterocycles. The lowest BCUT2D eigenvalue weighted by atomic mass is 9.81. The number of hydrogen-bond acceptors (Lipinski definition) is 1. The van der Waals surface area contributed by atoms with Crippen LogP contribution in [0.25, 0.3) is 28.9 Å². The zero-order valence-corrected chi connectivity index (χ0v) is 33.7. The van der Waals surface area contributed by atoms with Gasteiger partial charge in [0.05, 0.1) is 11.4 Å². The normalized spacial score (nSPS) is 15.0. The SMILES string of the molecule is C=C(/C=C\CC)c1ccc(/C=C/c2ccc(-c3cccc(N4c5ccccc5S5(CCCC5)c5ccccc54)c3)cc2)cc1C(C)(C)C.CC.CC. The van der Waals surface area contributed by atoms with Crippen LogP contribution in [0, 0.1) is 0 Å². The molecule has 1 spiro atoms. The third-order valence-electron chi connectivity index (χ3n) is 9.86. The second-order valence-electron chi connectivity index (χ2n) is 14.2. The first-order valence-electron chi connectivity index (χ1n) is 19.4. The first-order valence-corrected chi connectivity index (χ1v) is 21.4. The molecule has 0 amide bonds. The summed E-state index contributed by atoms with van der Waals surface area (Å²) in [5.74, 6) is 2.62. The molecule has 2 aliphatic heterocycles. The summed E-state index contributed by atoms with van der Waals surface area (Å²) < 4.78 is 0. The highest BCUT2D eigenvalue weighted by Gasteiger charge is 2.41. The molecule has 2 heteroatoms. The fourth-order valence-electron chi connectivity index (χ4n) is 7.43. The molecule has 0 unspecified atom stereocenters. The molecule has 0 N–H and O–H groups in total. The van der Waals surface area contributed by atoms with Gasteiger partial charge in [0.15, 0.2) is 0 Å². The lowest BCUT2D eigenvalue weighted by Gasteiger charge is -2.47. The summed E-state index contributed by atoms with van der Waals surface area (Å²) in [6, 6.07) is 43.2. The van der Waals surface area contributed by atoms with E-state index in [0.29, 0.717) is 0 Å². The van der Waals surface area contributed by atoms with Gasteiger partial charge in [0.1, 0.15) is 0 Å². The van der Waals surface area contributed by atoms with Crippen LogP contribution in [0.4, 0.5) is 17.1 Å². The van der Waals surface area contributed by atoms with Crippen LogP contribution < -0.4 is 4.90 Å². The molecule has 0 saturated carbocycles. The highest BCUT2D eigenvalue weighted by atomic mass is 32.3. The van der Waals surface area contributed by atoms with E-state index < -0.39 is 10.0 Å². The van der Waals surface area contributed by atoms with Crippen molar-refractivity contribution in [3.8, 4) is 11.1 Å². The van der Waals surface area contributed by atoms with Crippen LogP contribution in [0.2, 0.25) is 0 Å². The number of allylic oxidation sites excluding steroid dienone is 3. The Labute approximate surface area is 317 Å². The lowest BCUT2D eigenvalue weighted by molar-refractivity contribution is 0.588. The maximum Gasteiger partial charge on any atom is 0.0586 e. The predicted molar refractivity (Wildman–Crippen MR) is 235 cm³/mol. The molecule has 52 heavy (non-hydrogen) atoms. The van der Waals surface area contributed by atoms with Crippen LogP contribution in [0.3, 0.4) is 0 Å². The van der Waals surface area contributed by atoms with Crippen molar-refractivity contribution in [3.05, 3.63) is 156 Å². The Morgan fingerprint density at radius 2 is 1.25 bits per heavy atom. The van der Waals surface area contributed by atoms with Gasteiger partial charge in [0.25, 0.3) is 0 Å². The fraction of sp³-hybridized carbons (Fsp3) is 0.280. The maximum atomic E-state index is 4.35. The van der Waals surface area contributed by atoms with Gasteiger partial charge in [-0.2, -0.15) is 10.0 Å². The Morgan fingerprint density at radius 3 is 1.85 bits per heavy atom. The third-order valence-corrected chi connectivity index (χ3v) is 14.2. The van der Waals surface area contributed by atoms with Crippen molar-refractivity contribution in [1.29, 1.82) is 0 Å². The Balaban J connectivity index is 0.00000126. The minimum absolute atomic E-state index is 0.0236. The van der Waals surface area contributed by atoms with Crippen molar-refractivity contribution in [2.24, 2.45) is 0 Å². The second-order valence-corrected chi connectivity index (χ2v) is 17.6. The summed E-state index contributed by atoms with van der Waals surface area (Å²) in [7, 11) is -0.989. The van der Waals surface area contributed by atoms with Gasteiger partial charge in [-0.3, -0.25) is 0 Å². The van der Waals surface area contributed by atoms with Gasteiger partial charge in [-0.05, 0) is 112 Å². The van der Waals surface area contributed by atoms with E-state index in [1.54, 1.807) is 9.79 Å². The van der Waals surface area contributed by atoms with Crippen molar-refractivity contribution in [1.82, 2.24) is 0 Å². The van der Waals surface area contributed by atoms with E-state index in [-0.39, 0.29) is 5.41 Å². The van der Waals surface area contributed by atoms with Crippen molar-refractivity contribution in [2.75, 3.05) is 16.4 Å². The fourth-order valence-corrected chi connectivity index (χ4v) is 11.9. The monoisotopic (exact) mass is 705 g/mol. The highest BCUT2D eigenvalue weighted by Crippen LogP contribution is 2.73. The largest absolute Gasteiger partial charge is 0.308 e. The van der Waals surface area contributed by atoms with Crippen molar-refractivity contribution in [3.63, 3.8) is 0 Å². The number of para-hydroxylation sites is 2. The molecule has 5 aromatic carbocycles. The first kappa shape index (κ1) is 38.7. The number of benzene rings is 5. The Morgan fingerprint density at radius 1 is 0.673 bits per heavy atom. The van der Waals surface area contributed by atoms with Crippen molar-refractivity contribution in [2.45, 2.75) is 89.9 Å². The van der Waals surface area contributed by atoms with Crippen LogP contribution in [0.5, 0.6) is 0 Å². The molecule has 1 fully saturated rings. The van der Waals surface area contributed by atoms with Crippen LogP contribution in [-0.4, -0.2) is 11.5 Å². The minimum atomic E-state index is -0.989. The summed E-state index contributed by atoms with van der Waals surface area (Å²) in [6.07, 6.45) is 12.4. The second kappa shape index (κ2) is 17.3. The number of hydrogen-bond donors (Lipinski definition) is 0. The van der Waals surface area contributed by atoms with Gasteiger partial charge in [0.2, 0.25) is 0 Å². The molecule has 2 aliphatic rings. The molecule has 270 valence electrons. The van der Waals surface area contributed by atoms with Gasteiger partial charge in [-0.15, -0.1) is 0 Å². The molecule has 0 aliphatic carbocycles. The van der Waals surface area contributed by atoms with Crippen LogP contribution in [0.1, 0.15) is 96.9 Å². The van der Waals surface area contributed by atoms with Gasteiger partial charge in [0, 0.05) is 15.5 Å². The summed E-state index contributed by atoms with van der Waals surface area (Å²) in [5, 5.41) is 0. The Hall–Kier alpha value is -4.53. The summed E-state index contributed by atoms with van der Waals surface area (Å²) in [4.78, 5) is 5.63. The van der Waals surface area contributed by atoms with E-state index in [1.165, 1.54) is 74.8 Å². The van der Waals surface area contributed by atoms with E-state index in [9.17, 15) is 0 Å². The summed E-state index contributed by atoms with van der Waals surface area (Å²) in [5.41, 5.74) is 12.4. The van der Waals surface area contributed by atoms with Gasteiger partial charge in [-0.25, -0.2) is 0 Å². The standard InChI is InChI=1S/C46H47NS.2C2H6/c1-6-7-15-34(2)40-29-26-36(32-41(40)46(3,4)5)23-22-35-24-27-37(28-25-35)38-16-14-17-39(33-38)47-42-18-8-10-20-44(42)48(30-12-13-31-48)45-21-11-9-19-43(45)47;2*1-2/h7-11,14-29,32-33H,2,6,12-13,30-31H2,1,3-5H3;2*1-2H3/b15-7-,23-22+;;. The molecule has 5 aromatic rings. The molecule has 2 heterocycles. The Bertz CT molecular complexity index is 1970. The summed E-state index contributed by atoms with van der Waals surface area (Å²) >= 11 is 0. The van der Waals surface area contributed by atoms with Crippen molar-refractivity contribution >= 4 is 44.8 Å². The zero-order chi connectivity index (χ0) is 37.3. The predicted octanol–water partition coefficient (Wildman–Crippen LogP) is 15.7. The first-order chi connectivity index (χ1) is 25.3. The number of nitrogens with zero attached hydrogens (tertiary/aromatic N) is 1. The van der Waals surface area contributed by atoms with Crippen LogP contribution >= 0.6 is 10.0 Å². The van der Waals surface area contributed by atoms with Crippen molar-refractivity contribution < 1.29 is 0 Å². The maximum absolute atomic E-state index is 4.35. The molecule has 0 atom stereocenters. The van der Waals surface area contributed by atoms with Gasteiger partial charge >= 0.3 is 0 Å². The Kier molecular flexibility index (Phi) is 12.9. The van der Waals surface area contributed by atoms with E-state index in [2.05, 4.69) is 179 Å². The molecule has 0 aromatic heterocycles. The van der Waals surface area contributed by atoms with E-state index in [4.69, 9.17) is 0 Å². The van der Waals surface area contributed by atoms with E-state index >= 15 is 0 Å². The van der Waals surface area contributed by atoms with Crippen LogP contribution in [-0.2, 0) is 5.41 Å². The third kappa shape index (κ3) is 7.93. The summed E-state index contributed by atoms with van der Waals surface area (Å²) in [6.45, 7) is 21.3. The molecule has 0 radical (unpaired) electrons. The number of rotatable bonds is 7. The number of anilines is 3. The van der Waals surface area contributed by atoms with E-state index in [1.807, 2.05) is 27.7 Å². The lowest BCUT2D eigenvalue weighted by Crippen LogP contribution is -2.21. The minimum Gasteiger partial charge on any atom is -0.308 e. The van der Waals surface area contributed by atoms with Gasteiger partial charge < -0.3 is 4.90 Å². The molecule has 7 rings (SSSR count). The quantitative estimate of drug-likeness (QED) is 0.120. The van der Waals surface area contributed by atoms with Gasteiger partial charge in [-0.1, -0.05) is 165 Å².